The first-order valence-corrected chi connectivity index (χ1v) is 17.1. The predicted molar refractivity (Wildman–Crippen MR) is 179 cm³/mol. The van der Waals surface area contributed by atoms with Crippen molar-refractivity contribution in [3.8, 4) is 0 Å². The minimum atomic E-state index is -1.40. The number of nitrogens with zero attached hydrogens (tertiary/aromatic N) is 4. The SMILES string of the molecule is CC.Cc1c(C(=O)c2cc[n+](C/C=C/C3=C(C(=O)O)N4C(=O)C(NC(=O)/C(=N\OC(C)C)c5csc(N)n5)C4SC3)cc2)c[nH]c1C(=O)[O-].[Na+]. The molecule has 0 bridgehead atoms. The molecule has 5 N–H and O–H groups in total. The van der Waals surface area contributed by atoms with Crippen LogP contribution in [0.25, 0.3) is 0 Å². The molecule has 3 aromatic rings. The number of rotatable bonds is 12. The summed E-state index contributed by atoms with van der Waals surface area (Å²) >= 11 is 2.42. The Morgan fingerprint density at radius 2 is 1.96 bits per heavy atom. The first-order valence-electron chi connectivity index (χ1n) is 15.1. The van der Waals surface area contributed by atoms with Crippen molar-refractivity contribution in [3.05, 3.63) is 87.6 Å². The van der Waals surface area contributed by atoms with Gasteiger partial charge < -0.3 is 35.9 Å². The first kappa shape index (κ1) is 40.1. The Hall–Kier alpha value is -4.29. The number of aliphatic carboxylic acids is 1. The second-order valence-corrected chi connectivity index (χ2v) is 12.7. The number of amides is 2. The smallest absolute Gasteiger partial charge is 0.543 e. The number of carboxylic acid groups (broad SMARTS) is 2. The number of fused-ring (bicyclic) bond motifs is 1. The van der Waals surface area contributed by atoms with Crippen LogP contribution in [-0.2, 0) is 25.8 Å². The van der Waals surface area contributed by atoms with E-state index in [0.29, 0.717) is 17.7 Å². The number of carbonyl (C=O) groups is 5. The van der Waals surface area contributed by atoms with Crippen molar-refractivity contribution >= 4 is 63.5 Å². The summed E-state index contributed by atoms with van der Waals surface area (Å²) in [4.78, 5) is 75.7. The van der Waals surface area contributed by atoms with Crippen LogP contribution in [0.3, 0.4) is 0 Å². The molecule has 2 aliphatic rings. The average Bonchev–Trinajstić information content (AvgIpc) is 3.69. The van der Waals surface area contributed by atoms with Crippen molar-refractivity contribution in [1.82, 2.24) is 20.2 Å². The normalized spacial score (nSPS) is 17.0. The van der Waals surface area contributed by atoms with Crippen LogP contribution in [0, 0.1) is 6.92 Å². The minimum Gasteiger partial charge on any atom is -0.543 e. The molecule has 2 amide bonds. The van der Waals surface area contributed by atoms with E-state index in [9.17, 15) is 34.2 Å². The number of carboxylic acids is 2. The van der Waals surface area contributed by atoms with Gasteiger partial charge in [-0.15, -0.1) is 23.1 Å². The van der Waals surface area contributed by atoms with E-state index in [1.165, 1.54) is 24.9 Å². The summed E-state index contributed by atoms with van der Waals surface area (Å²) in [5.41, 5.74) is 6.70. The number of thiazole rings is 1. The Morgan fingerprint density at radius 3 is 2.52 bits per heavy atom. The number of hydrogen-bond acceptors (Lipinski definition) is 12. The molecule has 2 aliphatic heterocycles. The van der Waals surface area contributed by atoms with Gasteiger partial charge in [0.15, 0.2) is 35.6 Å². The molecule has 50 heavy (non-hydrogen) atoms. The zero-order chi connectivity index (χ0) is 36.0. The maximum atomic E-state index is 13.2. The van der Waals surface area contributed by atoms with E-state index in [4.69, 9.17) is 10.6 Å². The van der Waals surface area contributed by atoms with Gasteiger partial charge in [0, 0.05) is 40.6 Å². The van der Waals surface area contributed by atoms with Crippen molar-refractivity contribution in [2.75, 3.05) is 11.5 Å². The number of aromatic amines is 1. The van der Waals surface area contributed by atoms with Gasteiger partial charge >= 0.3 is 35.5 Å². The van der Waals surface area contributed by atoms with Crippen LogP contribution in [0.5, 0.6) is 0 Å². The van der Waals surface area contributed by atoms with Gasteiger partial charge in [-0.25, -0.2) is 14.3 Å². The predicted octanol–water partition coefficient (Wildman–Crippen LogP) is -1.60. The van der Waals surface area contributed by atoms with Gasteiger partial charge in [0.25, 0.3) is 11.8 Å². The largest absolute Gasteiger partial charge is 1.00 e. The van der Waals surface area contributed by atoms with E-state index < -0.39 is 35.2 Å². The van der Waals surface area contributed by atoms with Crippen LogP contribution in [-0.4, -0.2) is 78.5 Å². The zero-order valence-electron chi connectivity index (χ0n) is 28.3. The number of H-pyrrole nitrogens is 1. The number of β-lactam (4-membered cyclic amide) rings is 1. The quantitative estimate of drug-likeness (QED) is 0.0415. The first-order chi connectivity index (χ1) is 23.4. The number of hydrogen-bond donors (Lipinski definition) is 4. The Kier molecular flexibility index (Phi) is 14.1. The van der Waals surface area contributed by atoms with Crippen molar-refractivity contribution in [3.63, 3.8) is 0 Å². The second kappa shape index (κ2) is 17.6. The van der Waals surface area contributed by atoms with Crippen molar-refractivity contribution < 1.29 is 73.1 Å². The van der Waals surface area contributed by atoms with Gasteiger partial charge in [-0.3, -0.25) is 19.3 Å². The molecule has 258 valence electrons. The second-order valence-electron chi connectivity index (χ2n) is 10.7. The molecule has 0 spiro atoms. The van der Waals surface area contributed by atoms with E-state index in [1.807, 2.05) is 13.8 Å². The molecule has 0 aliphatic carbocycles. The molecule has 18 heteroatoms. The maximum Gasteiger partial charge on any atom is 1.00 e. The summed E-state index contributed by atoms with van der Waals surface area (Å²) in [5.74, 6) is -4.07. The molecular formula is C32H35N7NaO8S2+. The standard InChI is InChI=1S/C30H29N7O8S2.C2H6.Na/c1-14(2)45-35-21(19-13-47-30(31)33-19)25(39)34-22-26(40)37-23(29(43)44)17(12-46-27(22)37)5-4-8-36-9-6-16(7-10-36)24(38)18-11-32-20(15(18)3)28(41)42;1-2;/h4-7,9-11,13-14,22,27H,8,12H2,1-3H3,(H5-,31,32,33,34,38,39,41,42,43,44);1-2H3;/q;;+1/b5-4+,35-21-;;. The molecule has 3 aromatic heterocycles. The molecular weight excluding hydrogens is 698 g/mol. The molecule has 1 saturated heterocycles. The van der Waals surface area contributed by atoms with Crippen LogP contribution in [0.4, 0.5) is 5.13 Å². The third-order valence-corrected chi connectivity index (χ3v) is 9.17. The van der Waals surface area contributed by atoms with Gasteiger partial charge in [-0.2, -0.15) is 0 Å². The van der Waals surface area contributed by atoms with E-state index in [2.05, 4.69) is 20.4 Å². The Balaban J connectivity index is 0.00000221. The summed E-state index contributed by atoms with van der Waals surface area (Å²) in [7, 11) is 0. The zero-order valence-corrected chi connectivity index (χ0v) is 31.9. The van der Waals surface area contributed by atoms with E-state index in [0.717, 1.165) is 16.2 Å². The van der Waals surface area contributed by atoms with Crippen LogP contribution in [0.15, 0.2) is 64.7 Å². The molecule has 0 aromatic carbocycles. The van der Waals surface area contributed by atoms with Crippen LogP contribution >= 0.6 is 23.1 Å². The van der Waals surface area contributed by atoms with Crippen LogP contribution in [0.2, 0.25) is 0 Å². The number of anilines is 1. The third kappa shape index (κ3) is 8.70. The van der Waals surface area contributed by atoms with E-state index in [-0.39, 0.29) is 86.3 Å². The van der Waals surface area contributed by atoms with E-state index >= 15 is 0 Å². The van der Waals surface area contributed by atoms with Gasteiger partial charge in [0.1, 0.15) is 28.9 Å². The van der Waals surface area contributed by atoms with Crippen molar-refractivity contribution in [2.24, 2.45) is 5.16 Å². The molecule has 2 unspecified atom stereocenters. The number of carbonyl (C=O) groups excluding carboxylic acids is 4. The van der Waals surface area contributed by atoms with Gasteiger partial charge in [0.05, 0.1) is 11.7 Å². The van der Waals surface area contributed by atoms with Gasteiger partial charge in [0.2, 0.25) is 0 Å². The number of nitrogens with one attached hydrogen (secondary N) is 2. The number of allylic oxidation sites excluding steroid dienone is 2. The molecule has 5 rings (SSSR count). The average molecular weight is 733 g/mol. The monoisotopic (exact) mass is 732 g/mol. The molecule has 1 fully saturated rings. The Labute approximate surface area is 318 Å². The Bertz CT molecular complexity index is 1870. The summed E-state index contributed by atoms with van der Waals surface area (Å²) in [6.07, 6.45) is 7.68. The molecule has 0 saturated carbocycles. The molecule has 15 nitrogen and oxygen atoms in total. The number of aromatic nitrogens is 3. The summed E-state index contributed by atoms with van der Waals surface area (Å²) in [6.45, 7) is 9.31. The number of thioether (sulfide) groups is 1. The van der Waals surface area contributed by atoms with Gasteiger partial charge in [-0.1, -0.05) is 25.1 Å². The summed E-state index contributed by atoms with van der Waals surface area (Å²) in [6, 6.07) is 2.18. The number of nitrogens with two attached hydrogens (primary N) is 1. The molecule has 2 atom stereocenters. The number of ketones is 1. The third-order valence-electron chi connectivity index (χ3n) is 7.20. The maximum absolute atomic E-state index is 13.2. The van der Waals surface area contributed by atoms with Crippen LogP contribution in [0.1, 0.15) is 65.4 Å². The fraction of sp³-hybridized carbons (Fsp3) is 0.312. The number of pyridine rings is 1. The fourth-order valence-corrected chi connectivity index (χ4v) is 6.75. The number of nitrogen functional groups attached to an aromatic ring is 1. The van der Waals surface area contributed by atoms with Crippen molar-refractivity contribution in [1.29, 1.82) is 0 Å². The topological polar surface area (TPSA) is 224 Å². The van der Waals surface area contributed by atoms with E-state index in [1.54, 1.807) is 60.5 Å². The van der Waals surface area contributed by atoms with Crippen molar-refractivity contribution in [2.45, 2.75) is 58.7 Å². The Morgan fingerprint density at radius 1 is 1.28 bits per heavy atom. The minimum absolute atomic E-state index is 0. The summed E-state index contributed by atoms with van der Waals surface area (Å²) < 4.78 is 1.75. The summed E-state index contributed by atoms with van der Waals surface area (Å²) in [5, 5.41) is 28.8. The fourth-order valence-electron chi connectivity index (χ4n) is 4.89. The number of oxime groups is 1. The van der Waals surface area contributed by atoms with Crippen LogP contribution < -0.4 is 50.3 Å². The van der Waals surface area contributed by atoms with Gasteiger partial charge in [-0.05, 0) is 38.0 Å². The molecule has 5 heterocycles. The number of aromatic carboxylic acids is 1. The molecule has 0 radical (unpaired) electrons.